The summed E-state index contributed by atoms with van der Waals surface area (Å²) in [5.41, 5.74) is 4.09. The van der Waals surface area contributed by atoms with E-state index in [1.54, 1.807) is 53.3 Å². The molecule has 336 valence electrons. The molecule has 0 radical (unpaired) electrons. The van der Waals surface area contributed by atoms with E-state index in [1.807, 2.05) is 30.3 Å². The van der Waals surface area contributed by atoms with Crippen molar-refractivity contribution in [2.24, 2.45) is 0 Å². The summed E-state index contributed by atoms with van der Waals surface area (Å²) < 4.78 is 33.8. The maximum Gasteiger partial charge on any atom is 0.266 e. The van der Waals surface area contributed by atoms with Gasteiger partial charge < -0.3 is 15.0 Å². The van der Waals surface area contributed by atoms with Gasteiger partial charge in [-0.1, -0.05) is 63.1 Å². The number of piperidine rings is 1. The van der Waals surface area contributed by atoms with Crippen LogP contribution in [0.5, 0.6) is 5.75 Å². The van der Waals surface area contributed by atoms with Crippen LogP contribution in [0, 0.1) is 0 Å². The first-order valence-electron chi connectivity index (χ1n) is 22.1. The molecule has 3 aliphatic rings. The maximum absolute atomic E-state index is 13.3. The summed E-state index contributed by atoms with van der Waals surface area (Å²) in [6.45, 7) is 5.42. The molecule has 18 heteroatoms. The fourth-order valence-corrected chi connectivity index (χ4v) is 9.13. The quantitative estimate of drug-likeness (QED) is 0.0606. The van der Waals surface area contributed by atoms with Gasteiger partial charge in [0.25, 0.3) is 11.8 Å². The monoisotopic (exact) mass is 890 g/mol. The first-order valence-corrected chi connectivity index (χ1v) is 24.0. The normalized spacial score (nSPS) is 16.9. The Kier molecular flexibility index (Phi) is 13.8. The highest BCUT2D eigenvalue weighted by atomic mass is 32.2. The molecule has 5 aromatic rings. The van der Waals surface area contributed by atoms with E-state index in [2.05, 4.69) is 30.1 Å². The standard InChI is InChI=1S/C46H54N10O7S/c1-64(61,62)52-33-14-11-13-32(29-33)37-19-18-35-31-48-46(51-56(35)37)49-34-17-21-40(47-30-34)54-26-24-53(25-27-54)23-9-7-5-3-2-4-6-8-10-28-63-39-16-12-15-36-42(39)45(60)55(44(36)59)38-20-22-41(57)50-43(38)58/h11-19,21,29-31,38,52H,2-10,20,22-28H2,1H3,(H,49,51)(H,50,57,58). The number of carbonyl (C=O) groups is 4. The van der Waals surface area contributed by atoms with Crippen LogP contribution < -0.4 is 25.0 Å². The zero-order valence-corrected chi connectivity index (χ0v) is 36.8. The fraction of sp³-hybridized carbons (Fsp3) is 0.413. The molecular formula is C46H54N10O7S. The Bertz CT molecular complexity index is 2610. The van der Waals surface area contributed by atoms with E-state index in [1.165, 1.54) is 38.5 Å². The molecule has 17 nitrogen and oxygen atoms in total. The lowest BCUT2D eigenvalue weighted by atomic mass is 10.0. The second-order valence-electron chi connectivity index (χ2n) is 16.6. The maximum atomic E-state index is 13.3. The van der Waals surface area contributed by atoms with Gasteiger partial charge in [0, 0.05) is 43.9 Å². The summed E-state index contributed by atoms with van der Waals surface area (Å²) in [6, 6.07) is 19.0. The molecule has 0 saturated carbocycles. The number of aromatic nitrogens is 4. The van der Waals surface area contributed by atoms with Crippen molar-refractivity contribution in [2.75, 3.05) is 60.5 Å². The van der Waals surface area contributed by atoms with Crippen LogP contribution in [0.4, 0.5) is 23.1 Å². The summed E-state index contributed by atoms with van der Waals surface area (Å²) in [7, 11) is -3.40. The van der Waals surface area contributed by atoms with Gasteiger partial charge in [0.2, 0.25) is 27.8 Å². The molecule has 2 saturated heterocycles. The Hall–Kier alpha value is -6.40. The Morgan fingerprint density at radius 1 is 0.781 bits per heavy atom. The van der Waals surface area contributed by atoms with Crippen LogP contribution in [-0.2, 0) is 19.6 Å². The topological polar surface area (TPSA) is 201 Å². The minimum atomic E-state index is -3.40. The number of piperazine rings is 1. The summed E-state index contributed by atoms with van der Waals surface area (Å²) in [5.74, 6) is -0.399. The van der Waals surface area contributed by atoms with Crippen LogP contribution >= 0.6 is 0 Å². The van der Waals surface area contributed by atoms with Crippen LogP contribution in [0.2, 0.25) is 0 Å². The number of nitrogens with one attached hydrogen (secondary N) is 3. The lowest BCUT2D eigenvalue weighted by molar-refractivity contribution is -0.136. The third kappa shape index (κ3) is 10.7. The summed E-state index contributed by atoms with van der Waals surface area (Å²) in [4.78, 5) is 65.3. The van der Waals surface area contributed by atoms with Gasteiger partial charge in [0.05, 0.1) is 53.3 Å². The molecule has 8 rings (SSSR count). The average Bonchev–Trinajstić information content (AvgIpc) is 3.81. The van der Waals surface area contributed by atoms with Crippen molar-refractivity contribution < 1.29 is 32.3 Å². The number of benzene rings is 2. The Morgan fingerprint density at radius 2 is 1.53 bits per heavy atom. The number of amides is 4. The zero-order chi connectivity index (χ0) is 44.6. The van der Waals surface area contributed by atoms with E-state index in [4.69, 9.17) is 14.8 Å². The number of nitrogens with zero attached hydrogens (tertiary/aromatic N) is 7. The molecule has 2 fully saturated rings. The molecule has 64 heavy (non-hydrogen) atoms. The molecule has 0 bridgehead atoms. The van der Waals surface area contributed by atoms with E-state index in [0.29, 0.717) is 24.0 Å². The first-order chi connectivity index (χ1) is 31.0. The van der Waals surface area contributed by atoms with Gasteiger partial charge in [0.15, 0.2) is 0 Å². The predicted octanol–water partition coefficient (Wildman–Crippen LogP) is 6.02. The highest BCUT2D eigenvalue weighted by Crippen LogP contribution is 2.34. The van der Waals surface area contributed by atoms with Gasteiger partial charge in [0.1, 0.15) is 17.6 Å². The number of ether oxygens (including phenoxy) is 1. The number of carbonyl (C=O) groups excluding carboxylic acids is 4. The largest absolute Gasteiger partial charge is 0.493 e. The molecule has 0 spiro atoms. The number of sulfonamides is 1. The van der Waals surface area contributed by atoms with Crippen molar-refractivity contribution in [1.29, 1.82) is 0 Å². The van der Waals surface area contributed by atoms with Crippen molar-refractivity contribution in [3.05, 3.63) is 90.3 Å². The van der Waals surface area contributed by atoms with Crippen LogP contribution in [-0.4, -0.2) is 113 Å². The molecule has 6 heterocycles. The minimum absolute atomic E-state index is 0.0796. The fourth-order valence-electron chi connectivity index (χ4n) is 8.57. The van der Waals surface area contributed by atoms with Crippen LogP contribution in [0.1, 0.15) is 91.3 Å². The summed E-state index contributed by atoms with van der Waals surface area (Å²) in [6.07, 6.45) is 15.1. The Balaban J connectivity index is 0.680. The number of unbranched alkanes of at least 4 members (excludes halogenated alkanes) is 8. The van der Waals surface area contributed by atoms with Crippen molar-refractivity contribution in [1.82, 2.24) is 34.7 Å². The number of pyridine rings is 1. The van der Waals surface area contributed by atoms with Crippen LogP contribution in [0.15, 0.2) is 79.1 Å². The van der Waals surface area contributed by atoms with Gasteiger partial charge in [-0.3, -0.25) is 39.0 Å². The summed E-state index contributed by atoms with van der Waals surface area (Å²) in [5, 5.41) is 10.2. The smallest absolute Gasteiger partial charge is 0.266 e. The number of imide groups is 2. The van der Waals surface area contributed by atoms with Crippen molar-refractivity contribution >= 4 is 62.3 Å². The lowest BCUT2D eigenvalue weighted by Gasteiger charge is -2.35. The molecule has 3 aliphatic heterocycles. The van der Waals surface area contributed by atoms with E-state index in [0.717, 1.165) is 91.4 Å². The minimum Gasteiger partial charge on any atom is -0.493 e. The van der Waals surface area contributed by atoms with Gasteiger partial charge in [-0.05, 0) is 74.3 Å². The zero-order valence-electron chi connectivity index (χ0n) is 36.0. The molecular weight excluding hydrogens is 837 g/mol. The Labute approximate surface area is 372 Å². The lowest BCUT2D eigenvalue weighted by Crippen LogP contribution is -2.54. The van der Waals surface area contributed by atoms with E-state index in [9.17, 15) is 27.6 Å². The van der Waals surface area contributed by atoms with Crippen LogP contribution in [0.25, 0.3) is 16.8 Å². The van der Waals surface area contributed by atoms with E-state index >= 15 is 0 Å². The van der Waals surface area contributed by atoms with Crippen molar-refractivity contribution in [3.8, 4) is 17.0 Å². The van der Waals surface area contributed by atoms with Gasteiger partial charge in [-0.25, -0.2) is 22.9 Å². The Morgan fingerprint density at radius 3 is 2.27 bits per heavy atom. The molecule has 4 amide bonds. The molecule has 0 aliphatic carbocycles. The van der Waals surface area contributed by atoms with Gasteiger partial charge in [-0.2, -0.15) is 0 Å². The average molecular weight is 891 g/mol. The number of hydrogen-bond donors (Lipinski definition) is 3. The molecule has 1 unspecified atom stereocenters. The third-order valence-corrected chi connectivity index (χ3v) is 12.5. The second kappa shape index (κ2) is 20.0. The predicted molar refractivity (Wildman–Crippen MR) is 243 cm³/mol. The van der Waals surface area contributed by atoms with Crippen LogP contribution in [0.3, 0.4) is 0 Å². The number of rotatable bonds is 20. The number of hydrogen-bond acceptors (Lipinski definition) is 13. The molecule has 1 atom stereocenters. The van der Waals surface area contributed by atoms with Crippen molar-refractivity contribution in [2.45, 2.75) is 76.7 Å². The molecule has 3 aromatic heterocycles. The highest BCUT2D eigenvalue weighted by Gasteiger charge is 2.46. The number of fused-ring (bicyclic) bond motifs is 2. The van der Waals surface area contributed by atoms with E-state index < -0.39 is 39.7 Å². The highest BCUT2D eigenvalue weighted by molar-refractivity contribution is 7.92. The van der Waals surface area contributed by atoms with Gasteiger partial charge in [-0.15, -0.1) is 5.10 Å². The third-order valence-electron chi connectivity index (χ3n) is 11.9. The SMILES string of the molecule is CS(=O)(=O)Nc1cccc(-c2ccc3cnc(Nc4ccc(N5CCN(CCCCCCCCCCCOc6cccc7c6C(=O)N(C6CCC(=O)NC6=O)C7=O)CC5)nc4)nn23)c1. The molecule has 2 aromatic carbocycles. The van der Waals surface area contributed by atoms with Gasteiger partial charge >= 0.3 is 0 Å². The number of anilines is 4. The van der Waals surface area contributed by atoms with E-state index in [-0.39, 0.29) is 24.0 Å². The molecule has 3 N–H and O–H groups in total. The first kappa shape index (κ1) is 44.2. The summed E-state index contributed by atoms with van der Waals surface area (Å²) >= 11 is 0. The second-order valence-corrected chi connectivity index (χ2v) is 18.4. The van der Waals surface area contributed by atoms with Crippen molar-refractivity contribution in [3.63, 3.8) is 0 Å².